The highest BCUT2D eigenvalue weighted by atomic mass is 16.6. The van der Waals surface area contributed by atoms with Crippen molar-refractivity contribution in [1.29, 1.82) is 0 Å². The van der Waals surface area contributed by atoms with E-state index in [4.69, 9.17) is 4.74 Å². The minimum absolute atomic E-state index is 0.189. The van der Waals surface area contributed by atoms with Gasteiger partial charge >= 0.3 is 6.09 Å². The maximum absolute atomic E-state index is 12.4. The number of piperidine rings is 1. The summed E-state index contributed by atoms with van der Waals surface area (Å²) in [5.74, 6) is 0.228. The number of amides is 1. The molecule has 1 saturated heterocycles. The summed E-state index contributed by atoms with van der Waals surface area (Å²) in [6.07, 6.45) is 3.98. The molecule has 136 valence electrons. The van der Waals surface area contributed by atoms with Crippen molar-refractivity contribution in [2.75, 3.05) is 13.2 Å². The number of likely N-dealkylation sites (tertiary alicyclic amines) is 1. The van der Waals surface area contributed by atoms with E-state index < -0.39 is 5.60 Å². The Morgan fingerprint density at radius 2 is 1.96 bits per heavy atom. The van der Waals surface area contributed by atoms with E-state index in [-0.39, 0.29) is 30.7 Å². The quantitative estimate of drug-likeness (QED) is 0.786. The number of rotatable bonds is 6. The minimum Gasteiger partial charge on any atom is -0.444 e. The van der Waals surface area contributed by atoms with Crippen LogP contribution in [0.2, 0.25) is 0 Å². The van der Waals surface area contributed by atoms with Crippen LogP contribution in [-0.4, -0.2) is 53.0 Å². The SMILES string of the molecule is CC(CC1CCCCN1C(=O)OC(C)(C)C)NC(C)C(C)CO. The van der Waals surface area contributed by atoms with Crippen molar-refractivity contribution in [1.82, 2.24) is 10.2 Å². The molecule has 1 heterocycles. The lowest BCUT2D eigenvalue weighted by molar-refractivity contribution is 0.00769. The highest BCUT2D eigenvalue weighted by Crippen LogP contribution is 2.23. The zero-order chi connectivity index (χ0) is 17.6. The molecule has 5 heteroatoms. The van der Waals surface area contributed by atoms with Gasteiger partial charge < -0.3 is 20.1 Å². The van der Waals surface area contributed by atoms with Crippen LogP contribution in [0.3, 0.4) is 0 Å². The molecule has 0 aliphatic carbocycles. The first-order valence-corrected chi connectivity index (χ1v) is 9.00. The van der Waals surface area contributed by atoms with Crippen LogP contribution < -0.4 is 5.32 Å². The van der Waals surface area contributed by atoms with E-state index in [1.165, 1.54) is 6.42 Å². The zero-order valence-electron chi connectivity index (χ0n) is 15.8. The number of nitrogens with one attached hydrogen (secondary N) is 1. The van der Waals surface area contributed by atoms with Crippen LogP contribution in [0, 0.1) is 5.92 Å². The Morgan fingerprint density at radius 1 is 1.30 bits per heavy atom. The van der Waals surface area contributed by atoms with Crippen LogP contribution in [0.25, 0.3) is 0 Å². The molecule has 0 spiro atoms. The normalized spacial score (nSPS) is 23.3. The lowest BCUT2D eigenvalue weighted by Crippen LogP contribution is -2.49. The lowest BCUT2D eigenvalue weighted by atomic mass is 9.95. The summed E-state index contributed by atoms with van der Waals surface area (Å²) in [5, 5.41) is 12.8. The summed E-state index contributed by atoms with van der Waals surface area (Å²) in [7, 11) is 0. The number of carbonyl (C=O) groups excluding carboxylic acids is 1. The molecule has 4 unspecified atom stereocenters. The van der Waals surface area contributed by atoms with E-state index in [2.05, 4.69) is 19.2 Å². The predicted octanol–water partition coefficient (Wildman–Crippen LogP) is 3.16. The van der Waals surface area contributed by atoms with Crippen molar-refractivity contribution in [3.8, 4) is 0 Å². The molecule has 0 aromatic rings. The zero-order valence-corrected chi connectivity index (χ0v) is 15.8. The Balaban J connectivity index is 2.59. The molecule has 0 saturated carbocycles. The fourth-order valence-corrected chi connectivity index (χ4v) is 3.05. The van der Waals surface area contributed by atoms with E-state index in [9.17, 15) is 9.90 Å². The van der Waals surface area contributed by atoms with Crippen LogP contribution in [0.5, 0.6) is 0 Å². The molecule has 1 amide bonds. The third kappa shape index (κ3) is 7.08. The van der Waals surface area contributed by atoms with Crippen LogP contribution >= 0.6 is 0 Å². The molecule has 1 rings (SSSR count). The van der Waals surface area contributed by atoms with Gasteiger partial charge in [0.05, 0.1) is 0 Å². The summed E-state index contributed by atoms with van der Waals surface area (Å²) < 4.78 is 5.56. The van der Waals surface area contributed by atoms with Crippen LogP contribution in [0.1, 0.15) is 67.2 Å². The second kappa shape index (κ2) is 8.88. The monoisotopic (exact) mass is 328 g/mol. The maximum atomic E-state index is 12.4. The Morgan fingerprint density at radius 3 is 2.52 bits per heavy atom. The highest BCUT2D eigenvalue weighted by molar-refractivity contribution is 5.68. The van der Waals surface area contributed by atoms with Crippen LogP contribution in [-0.2, 0) is 4.74 Å². The average Bonchev–Trinajstić information content (AvgIpc) is 2.44. The summed E-state index contributed by atoms with van der Waals surface area (Å²) in [6, 6.07) is 0.790. The van der Waals surface area contributed by atoms with E-state index in [0.29, 0.717) is 6.04 Å². The van der Waals surface area contributed by atoms with Gasteiger partial charge in [-0.3, -0.25) is 0 Å². The summed E-state index contributed by atoms with van der Waals surface area (Å²) >= 11 is 0. The molecule has 0 aromatic heterocycles. The molecular weight excluding hydrogens is 292 g/mol. The number of carbonyl (C=O) groups is 1. The third-order valence-electron chi connectivity index (χ3n) is 4.57. The van der Waals surface area contributed by atoms with Crippen molar-refractivity contribution in [2.45, 2.75) is 91.0 Å². The highest BCUT2D eigenvalue weighted by Gasteiger charge is 2.31. The van der Waals surface area contributed by atoms with Gasteiger partial charge in [0.15, 0.2) is 0 Å². The van der Waals surface area contributed by atoms with Gasteiger partial charge in [0.25, 0.3) is 0 Å². The Bertz CT molecular complexity index is 368. The number of ether oxygens (including phenoxy) is 1. The largest absolute Gasteiger partial charge is 0.444 e. The van der Waals surface area contributed by atoms with Crippen LogP contribution in [0.4, 0.5) is 4.79 Å². The van der Waals surface area contributed by atoms with Crippen molar-refractivity contribution in [3.05, 3.63) is 0 Å². The Hall–Kier alpha value is -0.810. The van der Waals surface area contributed by atoms with Crippen molar-refractivity contribution < 1.29 is 14.6 Å². The molecule has 23 heavy (non-hydrogen) atoms. The van der Waals surface area contributed by atoms with Gasteiger partial charge in [-0.2, -0.15) is 0 Å². The molecule has 1 fully saturated rings. The summed E-state index contributed by atoms with van der Waals surface area (Å²) in [4.78, 5) is 14.3. The molecule has 4 atom stereocenters. The summed E-state index contributed by atoms with van der Waals surface area (Å²) in [5.41, 5.74) is -0.450. The van der Waals surface area contributed by atoms with Gasteiger partial charge in [0.2, 0.25) is 0 Å². The molecule has 0 bridgehead atoms. The Kier molecular flexibility index (Phi) is 7.81. The van der Waals surface area contributed by atoms with Gasteiger partial charge in [-0.1, -0.05) is 6.92 Å². The standard InChI is InChI=1S/C18H36N2O3/c1-13(12-21)15(3)19-14(2)11-16-9-7-8-10-20(16)17(22)23-18(4,5)6/h13-16,19,21H,7-12H2,1-6H3. The van der Waals surface area contributed by atoms with Gasteiger partial charge in [0, 0.05) is 31.3 Å². The smallest absolute Gasteiger partial charge is 0.410 e. The van der Waals surface area contributed by atoms with E-state index in [1.807, 2.05) is 32.6 Å². The van der Waals surface area contributed by atoms with Gasteiger partial charge in [-0.25, -0.2) is 4.79 Å². The number of hydrogen-bond donors (Lipinski definition) is 2. The first kappa shape index (κ1) is 20.2. The fourth-order valence-electron chi connectivity index (χ4n) is 3.05. The minimum atomic E-state index is -0.450. The molecule has 1 aliphatic heterocycles. The number of hydrogen-bond acceptors (Lipinski definition) is 4. The molecule has 0 radical (unpaired) electrons. The second-order valence-electron chi connectivity index (χ2n) is 8.08. The van der Waals surface area contributed by atoms with E-state index in [0.717, 1.165) is 25.8 Å². The number of aliphatic hydroxyl groups is 1. The maximum Gasteiger partial charge on any atom is 0.410 e. The molecule has 1 aliphatic rings. The first-order chi connectivity index (χ1) is 10.6. The Labute approximate surface area is 141 Å². The number of nitrogens with zero attached hydrogens (tertiary/aromatic N) is 1. The van der Waals surface area contributed by atoms with Gasteiger partial charge in [-0.15, -0.1) is 0 Å². The molecule has 5 nitrogen and oxygen atoms in total. The van der Waals surface area contributed by atoms with Crippen LogP contribution in [0.15, 0.2) is 0 Å². The van der Waals surface area contributed by atoms with Gasteiger partial charge in [0.1, 0.15) is 5.60 Å². The third-order valence-corrected chi connectivity index (χ3v) is 4.57. The van der Waals surface area contributed by atoms with Crippen molar-refractivity contribution in [2.24, 2.45) is 5.92 Å². The topological polar surface area (TPSA) is 61.8 Å². The molecule has 0 aromatic carbocycles. The first-order valence-electron chi connectivity index (χ1n) is 9.00. The van der Waals surface area contributed by atoms with E-state index >= 15 is 0 Å². The fraction of sp³-hybridized carbons (Fsp3) is 0.944. The summed E-state index contributed by atoms with van der Waals surface area (Å²) in [6.45, 7) is 13.0. The lowest BCUT2D eigenvalue weighted by Gasteiger charge is -2.38. The van der Waals surface area contributed by atoms with E-state index in [1.54, 1.807) is 0 Å². The van der Waals surface area contributed by atoms with Crippen molar-refractivity contribution >= 4 is 6.09 Å². The molecular formula is C18H36N2O3. The second-order valence-corrected chi connectivity index (χ2v) is 8.08. The average molecular weight is 328 g/mol. The van der Waals surface area contributed by atoms with Gasteiger partial charge in [-0.05, 0) is 66.2 Å². The predicted molar refractivity (Wildman–Crippen MR) is 93.5 cm³/mol. The number of aliphatic hydroxyl groups excluding tert-OH is 1. The molecule has 2 N–H and O–H groups in total. The van der Waals surface area contributed by atoms with Crippen molar-refractivity contribution in [3.63, 3.8) is 0 Å².